The monoisotopic (exact) mass is 422 g/mol. The molecule has 0 bridgehead atoms. The second kappa shape index (κ2) is 7.47. The lowest BCUT2D eigenvalue weighted by atomic mass is 10.1. The minimum atomic E-state index is -4.12. The largest absolute Gasteiger partial charge is 0.378 e. The molecule has 2 amide bonds. The number of carbonyl (C=O) groups excluding carboxylic acids is 2. The Morgan fingerprint density at radius 1 is 1.00 bits per heavy atom. The molecule has 1 aliphatic rings. The average molecular weight is 423 g/mol. The van der Waals surface area contributed by atoms with Gasteiger partial charge in [-0.05, 0) is 48.6 Å². The number of rotatable bonds is 4. The fraction of sp³-hybridized carbons (Fsp3) is 0. The minimum absolute atomic E-state index is 0.0444. The predicted octanol–water partition coefficient (Wildman–Crippen LogP) is 2.02. The number of thiocarbonyl (C=S) groups is 1. The summed E-state index contributed by atoms with van der Waals surface area (Å²) in [5.74, 6) is -1.54. The molecule has 2 aromatic rings. The molecule has 27 heavy (non-hydrogen) atoms. The number of hydrogen-bond donors (Lipinski definition) is 2. The van der Waals surface area contributed by atoms with Crippen LogP contribution < -0.4 is 14.8 Å². The van der Waals surface area contributed by atoms with Gasteiger partial charge in [-0.15, -0.1) is 0 Å². The summed E-state index contributed by atoms with van der Waals surface area (Å²) in [5.41, 5.74) is -0.136. The molecule has 0 aliphatic carbocycles. The van der Waals surface area contributed by atoms with Crippen LogP contribution in [0.3, 0.4) is 0 Å². The first-order valence-electron chi connectivity index (χ1n) is 7.44. The molecule has 0 unspecified atom stereocenters. The summed E-state index contributed by atoms with van der Waals surface area (Å²) in [6.07, 6.45) is 1.17. The molecule has 1 heterocycles. The highest BCUT2D eigenvalue weighted by Gasteiger charge is 2.26. The van der Waals surface area contributed by atoms with Crippen molar-refractivity contribution in [2.75, 3.05) is 0 Å². The van der Waals surface area contributed by atoms with E-state index in [0.29, 0.717) is 0 Å². The first-order chi connectivity index (χ1) is 12.8. The van der Waals surface area contributed by atoms with Gasteiger partial charge in [0.15, 0.2) is 5.11 Å². The van der Waals surface area contributed by atoms with Crippen molar-refractivity contribution in [1.29, 1.82) is 0 Å². The van der Waals surface area contributed by atoms with E-state index in [1.54, 1.807) is 18.2 Å². The summed E-state index contributed by atoms with van der Waals surface area (Å²) in [6, 6.07) is 11.7. The summed E-state index contributed by atoms with van der Waals surface area (Å²) in [7, 11) is -4.12. The molecule has 1 aliphatic heterocycles. The van der Waals surface area contributed by atoms with Gasteiger partial charge in [-0.1, -0.05) is 29.8 Å². The molecule has 10 heteroatoms. The number of carbonyl (C=O) groups is 2. The van der Waals surface area contributed by atoms with Crippen molar-refractivity contribution < 1.29 is 22.2 Å². The van der Waals surface area contributed by atoms with Crippen molar-refractivity contribution in [1.82, 2.24) is 10.6 Å². The van der Waals surface area contributed by atoms with Crippen LogP contribution in [-0.2, 0) is 19.7 Å². The van der Waals surface area contributed by atoms with E-state index in [0.717, 1.165) is 0 Å². The Kier molecular flexibility index (Phi) is 5.26. The van der Waals surface area contributed by atoms with Gasteiger partial charge in [0.1, 0.15) is 16.2 Å². The van der Waals surface area contributed by atoms with Gasteiger partial charge >= 0.3 is 10.1 Å². The number of halogens is 1. The van der Waals surface area contributed by atoms with Crippen LogP contribution in [-0.4, -0.2) is 25.3 Å². The predicted molar refractivity (Wildman–Crippen MR) is 103 cm³/mol. The highest BCUT2D eigenvalue weighted by atomic mass is 35.5. The van der Waals surface area contributed by atoms with Gasteiger partial charge in [0.25, 0.3) is 11.8 Å². The molecule has 0 aromatic heterocycles. The van der Waals surface area contributed by atoms with Gasteiger partial charge in [-0.3, -0.25) is 20.2 Å². The van der Waals surface area contributed by atoms with Crippen molar-refractivity contribution in [3.63, 3.8) is 0 Å². The molecule has 2 N–H and O–H groups in total. The standard InChI is InChI=1S/C17H11ClN2O5S2/c18-11-6-7-14(25-27(23,24)12-4-2-1-3-5-12)10(8-11)9-13-15(21)19-17(26)20-16(13)22/h1-9H,(H2,19,20,21,22,26). The number of hydrogen-bond acceptors (Lipinski definition) is 6. The van der Waals surface area contributed by atoms with Gasteiger partial charge in [0.05, 0.1) is 0 Å². The molecule has 3 rings (SSSR count). The van der Waals surface area contributed by atoms with E-state index in [2.05, 4.69) is 10.6 Å². The van der Waals surface area contributed by atoms with Crippen molar-refractivity contribution >= 4 is 56.9 Å². The SMILES string of the molecule is O=C1NC(=S)NC(=O)C1=Cc1cc(Cl)ccc1OS(=O)(=O)c1ccccc1. The Balaban J connectivity index is 2.02. The van der Waals surface area contributed by atoms with Crippen LogP contribution in [0, 0.1) is 0 Å². The van der Waals surface area contributed by atoms with Crippen LogP contribution in [0.25, 0.3) is 6.08 Å². The van der Waals surface area contributed by atoms with Gasteiger partial charge < -0.3 is 4.18 Å². The second-order valence-electron chi connectivity index (χ2n) is 5.33. The maximum absolute atomic E-state index is 12.5. The minimum Gasteiger partial charge on any atom is -0.378 e. The third-order valence-electron chi connectivity index (χ3n) is 3.45. The molecule has 2 aromatic carbocycles. The molecule has 138 valence electrons. The van der Waals surface area contributed by atoms with E-state index in [-0.39, 0.29) is 31.9 Å². The average Bonchev–Trinajstić information content (AvgIpc) is 2.61. The zero-order chi connectivity index (χ0) is 19.6. The molecular formula is C17H11ClN2O5S2. The zero-order valence-corrected chi connectivity index (χ0v) is 15.8. The smallest absolute Gasteiger partial charge is 0.339 e. The van der Waals surface area contributed by atoms with Gasteiger partial charge in [0.2, 0.25) is 0 Å². The fourth-order valence-corrected chi connectivity index (χ4v) is 3.56. The topological polar surface area (TPSA) is 102 Å². The quantitative estimate of drug-likeness (QED) is 0.338. The lowest BCUT2D eigenvalue weighted by molar-refractivity contribution is -0.123. The van der Waals surface area contributed by atoms with Crippen molar-refractivity contribution in [3.05, 3.63) is 64.7 Å². The maximum Gasteiger partial charge on any atom is 0.339 e. The first-order valence-corrected chi connectivity index (χ1v) is 9.63. The third kappa shape index (κ3) is 4.33. The number of amides is 2. The van der Waals surface area contributed by atoms with E-state index < -0.39 is 21.9 Å². The summed E-state index contributed by atoms with van der Waals surface area (Å²) < 4.78 is 30.1. The molecule has 0 spiro atoms. The lowest BCUT2D eigenvalue weighted by Crippen LogP contribution is -2.51. The summed E-state index contributed by atoms with van der Waals surface area (Å²) in [5, 5.41) is 4.72. The summed E-state index contributed by atoms with van der Waals surface area (Å²) >= 11 is 10.7. The number of benzene rings is 2. The molecule has 0 saturated carbocycles. The highest BCUT2D eigenvalue weighted by molar-refractivity contribution is 7.87. The van der Waals surface area contributed by atoms with E-state index in [1.807, 2.05) is 0 Å². The maximum atomic E-state index is 12.5. The molecule has 7 nitrogen and oxygen atoms in total. The van der Waals surface area contributed by atoms with Crippen LogP contribution in [0.15, 0.2) is 59.0 Å². The zero-order valence-electron chi connectivity index (χ0n) is 13.4. The molecule has 0 radical (unpaired) electrons. The van der Waals surface area contributed by atoms with Crippen LogP contribution in [0.4, 0.5) is 0 Å². The fourth-order valence-electron chi connectivity index (χ4n) is 2.22. The van der Waals surface area contributed by atoms with E-state index in [4.69, 9.17) is 28.0 Å². The normalized spacial score (nSPS) is 14.4. The Bertz CT molecular complexity index is 1060. The van der Waals surface area contributed by atoms with Crippen molar-refractivity contribution in [3.8, 4) is 5.75 Å². The van der Waals surface area contributed by atoms with Crippen LogP contribution in [0.2, 0.25) is 5.02 Å². The summed E-state index contributed by atoms with van der Waals surface area (Å²) in [4.78, 5) is 24.0. The van der Waals surface area contributed by atoms with E-state index in [1.165, 1.54) is 36.4 Å². The Hall–Kier alpha value is -2.75. The molecule has 1 saturated heterocycles. The van der Waals surface area contributed by atoms with Crippen molar-refractivity contribution in [2.45, 2.75) is 4.90 Å². The second-order valence-corrected chi connectivity index (χ2v) is 7.72. The third-order valence-corrected chi connectivity index (χ3v) is 5.13. The van der Waals surface area contributed by atoms with Crippen LogP contribution in [0.5, 0.6) is 5.75 Å². The number of nitrogens with one attached hydrogen (secondary N) is 2. The summed E-state index contributed by atoms with van der Waals surface area (Å²) in [6.45, 7) is 0. The van der Waals surface area contributed by atoms with Gasteiger partial charge in [-0.2, -0.15) is 8.42 Å². The van der Waals surface area contributed by atoms with Crippen LogP contribution in [0.1, 0.15) is 5.56 Å². The van der Waals surface area contributed by atoms with Crippen LogP contribution >= 0.6 is 23.8 Å². The van der Waals surface area contributed by atoms with E-state index >= 15 is 0 Å². The Morgan fingerprint density at radius 2 is 1.63 bits per heavy atom. The Morgan fingerprint density at radius 3 is 2.26 bits per heavy atom. The molecule has 1 fully saturated rings. The first kappa shape index (κ1) is 19.0. The molecule has 0 atom stereocenters. The van der Waals surface area contributed by atoms with Gasteiger partial charge in [0, 0.05) is 10.6 Å². The molecular weight excluding hydrogens is 412 g/mol. The van der Waals surface area contributed by atoms with Crippen molar-refractivity contribution in [2.24, 2.45) is 0 Å². The highest BCUT2D eigenvalue weighted by Crippen LogP contribution is 2.28. The van der Waals surface area contributed by atoms with Gasteiger partial charge in [-0.25, -0.2) is 0 Å². The Labute approximate surface area is 165 Å². The van der Waals surface area contributed by atoms with E-state index in [9.17, 15) is 18.0 Å². The lowest BCUT2D eigenvalue weighted by Gasteiger charge is -2.17.